The van der Waals surface area contributed by atoms with Crippen molar-refractivity contribution in [3.8, 4) is 0 Å². The molecule has 1 aliphatic heterocycles. The maximum atomic E-state index is 11.4. The Balaban J connectivity index is 1.45. The zero-order chi connectivity index (χ0) is 20.6. The van der Waals surface area contributed by atoms with Gasteiger partial charge in [0.25, 0.3) is 0 Å². The minimum Gasteiger partial charge on any atom is -0.388 e. The number of benzene rings is 1. The summed E-state index contributed by atoms with van der Waals surface area (Å²) in [4.78, 5) is 21.6. The summed E-state index contributed by atoms with van der Waals surface area (Å²) in [6.07, 6.45) is 4.94. The van der Waals surface area contributed by atoms with Crippen LogP contribution in [-0.2, 0) is 4.79 Å². The van der Waals surface area contributed by atoms with Crippen LogP contribution in [0.2, 0.25) is 0 Å². The smallest absolute Gasteiger partial charge is 0.221 e. The van der Waals surface area contributed by atoms with Gasteiger partial charge >= 0.3 is 0 Å². The molecule has 1 amide bonds. The van der Waals surface area contributed by atoms with E-state index in [2.05, 4.69) is 26.2 Å². The van der Waals surface area contributed by atoms with Crippen LogP contribution in [0.25, 0.3) is 0 Å². The van der Waals surface area contributed by atoms with Crippen LogP contribution in [0.1, 0.15) is 31.4 Å². The quantitative estimate of drug-likeness (QED) is 0.646. The summed E-state index contributed by atoms with van der Waals surface area (Å²) in [6, 6.07) is 11.8. The highest BCUT2D eigenvalue weighted by Crippen LogP contribution is 2.30. The van der Waals surface area contributed by atoms with Gasteiger partial charge in [-0.3, -0.25) is 9.69 Å². The zero-order valence-corrected chi connectivity index (χ0v) is 18.0. The van der Waals surface area contributed by atoms with Crippen LogP contribution in [0.5, 0.6) is 0 Å². The van der Waals surface area contributed by atoms with E-state index in [0.717, 1.165) is 61.1 Å². The molecule has 2 aromatic rings. The third-order valence-corrected chi connectivity index (χ3v) is 6.01. The highest BCUT2D eigenvalue weighted by molar-refractivity contribution is 7.98. The van der Waals surface area contributed by atoms with Gasteiger partial charge in [-0.15, -0.1) is 11.8 Å². The molecular formula is C22H30N4O2S. The van der Waals surface area contributed by atoms with E-state index in [4.69, 9.17) is 0 Å². The number of thioether (sulfide) groups is 1. The Hall–Kier alpha value is -2.09. The van der Waals surface area contributed by atoms with Crippen LogP contribution >= 0.6 is 11.8 Å². The summed E-state index contributed by atoms with van der Waals surface area (Å²) < 4.78 is 0. The number of nitrogens with one attached hydrogen (secondary N) is 1. The Morgan fingerprint density at radius 3 is 2.69 bits per heavy atom. The van der Waals surface area contributed by atoms with Crippen molar-refractivity contribution in [2.45, 2.75) is 30.8 Å². The average Bonchev–Trinajstić information content (AvgIpc) is 2.74. The maximum absolute atomic E-state index is 11.4. The number of aliphatic hydroxyl groups excluding tert-OH is 1. The number of anilines is 2. The second-order valence-electron chi connectivity index (χ2n) is 7.32. The molecule has 2 heterocycles. The number of carbonyl (C=O) groups excluding carboxylic acids is 1. The van der Waals surface area contributed by atoms with E-state index in [-0.39, 0.29) is 5.91 Å². The Morgan fingerprint density at radius 1 is 1.24 bits per heavy atom. The van der Waals surface area contributed by atoms with Crippen molar-refractivity contribution < 1.29 is 9.90 Å². The third-order valence-electron chi connectivity index (χ3n) is 5.22. The molecule has 2 N–H and O–H groups in total. The van der Waals surface area contributed by atoms with Crippen molar-refractivity contribution in [1.29, 1.82) is 0 Å². The Labute approximate surface area is 177 Å². The lowest BCUT2D eigenvalue weighted by Gasteiger charge is -2.35. The van der Waals surface area contributed by atoms with Gasteiger partial charge in [-0.25, -0.2) is 4.98 Å². The van der Waals surface area contributed by atoms with E-state index in [1.54, 1.807) is 11.8 Å². The number of piperazine rings is 1. The first-order chi connectivity index (χ1) is 14.1. The van der Waals surface area contributed by atoms with E-state index in [1.807, 2.05) is 42.8 Å². The number of hydrogen-bond donors (Lipinski definition) is 2. The van der Waals surface area contributed by atoms with E-state index in [1.165, 1.54) is 6.92 Å². The van der Waals surface area contributed by atoms with Gasteiger partial charge in [-0.2, -0.15) is 0 Å². The Bertz CT molecular complexity index is 795. The first-order valence-electron chi connectivity index (χ1n) is 10.1. The van der Waals surface area contributed by atoms with Crippen molar-refractivity contribution in [3.63, 3.8) is 0 Å². The molecule has 0 aliphatic carbocycles. The molecule has 1 atom stereocenters. The number of aliphatic hydroxyl groups is 1. The summed E-state index contributed by atoms with van der Waals surface area (Å²) in [6.45, 7) is 6.48. The summed E-state index contributed by atoms with van der Waals surface area (Å²) in [5.74, 6) is 0.947. The van der Waals surface area contributed by atoms with Crippen molar-refractivity contribution in [2.24, 2.45) is 0 Å². The van der Waals surface area contributed by atoms with Crippen molar-refractivity contribution >= 4 is 29.2 Å². The van der Waals surface area contributed by atoms with Gasteiger partial charge in [0, 0.05) is 44.2 Å². The fraction of sp³-hybridized carbons (Fsp3) is 0.455. The number of amides is 1. The standard InChI is InChI=1S/C22H30N4O2S/c1-17(27)24-19-16-18(8-9-21(19)29-2)20(28)6-5-11-25-12-14-26(15-13-25)22-7-3-4-10-23-22/h3-4,7-10,16,20,28H,5-6,11-15H2,1-2H3,(H,24,27). The second-order valence-corrected chi connectivity index (χ2v) is 8.16. The SMILES string of the molecule is CSc1ccc(C(O)CCCN2CCN(c3ccccn3)CC2)cc1NC(C)=O. The van der Waals surface area contributed by atoms with Gasteiger partial charge in [0.2, 0.25) is 5.91 Å². The average molecular weight is 415 g/mol. The topological polar surface area (TPSA) is 68.7 Å². The number of hydrogen-bond acceptors (Lipinski definition) is 6. The van der Waals surface area contributed by atoms with Crippen molar-refractivity contribution in [3.05, 3.63) is 48.2 Å². The summed E-state index contributed by atoms with van der Waals surface area (Å²) in [7, 11) is 0. The Morgan fingerprint density at radius 2 is 2.03 bits per heavy atom. The van der Waals surface area contributed by atoms with Crippen LogP contribution in [0.4, 0.5) is 11.5 Å². The highest BCUT2D eigenvalue weighted by atomic mass is 32.2. The molecule has 7 heteroatoms. The molecule has 6 nitrogen and oxygen atoms in total. The number of nitrogens with zero attached hydrogens (tertiary/aromatic N) is 3. The largest absolute Gasteiger partial charge is 0.388 e. The predicted molar refractivity (Wildman–Crippen MR) is 120 cm³/mol. The van der Waals surface area contributed by atoms with Gasteiger partial charge in [0.1, 0.15) is 5.82 Å². The third kappa shape index (κ3) is 6.19. The molecule has 0 saturated carbocycles. The Kier molecular flexibility index (Phi) is 7.91. The molecular weight excluding hydrogens is 384 g/mol. The summed E-state index contributed by atoms with van der Waals surface area (Å²) >= 11 is 1.58. The monoisotopic (exact) mass is 414 g/mol. The van der Waals surface area contributed by atoms with E-state index < -0.39 is 6.10 Å². The van der Waals surface area contributed by atoms with E-state index >= 15 is 0 Å². The minimum atomic E-state index is -0.520. The molecule has 1 aliphatic rings. The normalized spacial score (nSPS) is 15.9. The summed E-state index contributed by atoms with van der Waals surface area (Å²) in [5, 5.41) is 13.5. The molecule has 156 valence electrons. The first kappa shape index (κ1) is 21.6. The van der Waals surface area contributed by atoms with Gasteiger partial charge in [0.05, 0.1) is 11.8 Å². The number of pyridine rings is 1. The molecule has 1 unspecified atom stereocenters. The van der Waals surface area contributed by atoms with Crippen LogP contribution in [0, 0.1) is 0 Å². The van der Waals surface area contributed by atoms with Crippen LogP contribution < -0.4 is 10.2 Å². The first-order valence-corrected chi connectivity index (χ1v) is 11.3. The minimum absolute atomic E-state index is 0.100. The maximum Gasteiger partial charge on any atom is 0.221 e. The van der Waals surface area contributed by atoms with Crippen LogP contribution in [-0.4, -0.2) is 59.9 Å². The predicted octanol–water partition coefficient (Wildman–Crippen LogP) is 3.40. The molecule has 0 radical (unpaired) electrons. The van der Waals surface area contributed by atoms with Gasteiger partial charge in [-0.05, 0) is 55.5 Å². The fourth-order valence-corrected chi connectivity index (χ4v) is 4.17. The number of carbonyl (C=O) groups is 1. The van der Waals surface area contributed by atoms with Gasteiger partial charge in [0.15, 0.2) is 0 Å². The van der Waals surface area contributed by atoms with Crippen LogP contribution in [0.3, 0.4) is 0 Å². The molecule has 1 fully saturated rings. The lowest BCUT2D eigenvalue weighted by atomic mass is 10.0. The molecule has 29 heavy (non-hydrogen) atoms. The lowest BCUT2D eigenvalue weighted by molar-refractivity contribution is -0.114. The number of rotatable bonds is 8. The van der Waals surface area contributed by atoms with Gasteiger partial charge in [-0.1, -0.05) is 12.1 Å². The lowest BCUT2D eigenvalue weighted by Crippen LogP contribution is -2.46. The molecule has 0 bridgehead atoms. The zero-order valence-electron chi connectivity index (χ0n) is 17.2. The van der Waals surface area contributed by atoms with E-state index in [0.29, 0.717) is 6.42 Å². The molecule has 1 aromatic carbocycles. The molecule has 1 aromatic heterocycles. The summed E-state index contributed by atoms with van der Waals surface area (Å²) in [5.41, 5.74) is 1.62. The fourth-order valence-electron chi connectivity index (χ4n) is 3.64. The second kappa shape index (κ2) is 10.6. The molecule has 0 spiro atoms. The van der Waals surface area contributed by atoms with Gasteiger partial charge < -0.3 is 15.3 Å². The van der Waals surface area contributed by atoms with Crippen molar-refractivity contribution in [1.82, 2.24) is 9.88 Å². The molecule has 1 saturated heterocycles. The highest BCUT2D eigenvalue weighted by Gasteiger charge is 2.18. The molecule has 3 rings (SSSR count). The van der Waals surface area contributed by atoms with Crippen molar-refractivity contribution in [2.75, 3.05) is 49.2 Å². The van der Waals surface area contributed by atoms with E-state index in [9.17, 15) is 9.90 Å². The van der Waals surface area contributed by atoms with Crippen LogP contribution in [0.15, 0.2) is 47.5 Å². The number of aromatic nitrogens is 1.